The SMILES string of the molecule is COc1ccc(/C=C/C(=O)NCCOc2ccccc2)c(OC)c1OC. The van der Waals surface area contributed by atoms with Gasteiger partial charge in [-0.1, -0.05) is 18.2 Å². The number of benzene rings is 2. The molecule has 1 N–H and O–H groups in total. The van der Waals surface area contributed by atoms with E-state index in [0.29, 0.717) is 36.0 Å². The predicted molar refractivity (Wildman–Crippen MR) is 100 cm³/mol. The highest BCUT2D eigenvalue weighted by atomic mass is 16.5. The summed E-state index contributed by atoms with van der Waals surface area (Å²) in [6.45, 7) is 0.796. The summed E-state index contributed by atoms with van der Waals surface area (Å²) < 4.78 is 21.5. The molecule has 2 aromatic carbocycles. The molecule has 6 heteroatoms. The number of para-hydroxylation sites is 1. The first-order valence-electron chi connectivity index (χ1n) is 8.12. The molecule has 2 aromatic rings. The molecule has 2 rings (SSSR count). The van der Waals surface area contributed by atoms with E-state index in [1.54, 1.807) is 25.3 Å². The predicted octanol–water partition coefficient (Wildman–Crippen LogP) is 2.92. The summed E-state index contributed by atoms with van der Waals surface area (Å²) in [7, 11) is 4.63. The molecular weight excluding hydrogens is 334 g/mol. The van der Waals surface area contributed by atoms with Gasteiger partial charge in [-0.25, -0.2) is 0 Å². The van der Waals surface area contributed by atoms with Gasteiger partial charge in [0.05, 0.1) is 27.9 Å². The van der Waals surface area contributed by atoms with Crippen LogP contribution in [0.15, 0.2) is 48.5 Å². The fourth-order valence-electron chi connectivity index (χ4n) is 2.34. The Balaban J connectivity index is 1.91. The van der Waals surface area contributed by atoms with Crippen LogP contribution in [0.4, 0.5) is 0 Å². The zero-order chi connectivity index (χ0) is 18.8. The standard InChI is InChI=1S/C20H23NO5/c1-23-17-11-9-15(19(24-2)20(17)25-3)10-12-18(22)21-13-14-26-16-7-5-4-6-8-16/h4-12H,13-14H2,1-3H3,(H,21,22)/b12-10+. The van der Waals surface area contributed by atoms with Gasteiger partial charge in [-0.3, -0.25) is 4.79 Å². The highest BCUT2D eigenvalue weighted by Gasteiger charge is 2.14. The molecule has 0 heterocycles. The molecule has 0 aliphatic carbocycles. The minimum absolute atomic E-state index is 0.224. The molecule has 0 aromatic heterocycles. The molecule has 0 spiro atoms. The van der Waals surface area contributed by atoms with Gasteiger partial charge in [0.2, 0.25) is 11.7 Å². The number of amides is 1. The normalized spacial score (nSPS) is 10.4. The minimum atomic E-state index is -0.224. The summed E-state index contributed by atoms with van der Waals surface area (Å²) in [5, 5.41) is 2.76. The van der Waals surface area contributed by atoms with Crippen molar-refractivity contribution in [1.29, 1.82) is 0 Å². The molecule has 0 aliphatic heterocycles. The summed E-state index contributed by atoms with van der Waals surface area (Å²) in [6.07, 6.45) is 3.10. The van der Waals surface area contributed by atoms with Crippen molar-refractivity contribution >= 4 is 12.0 Å². The molecule has 0 bridgehead atoms. The lowest BCUT2D eigenvalue weighted by Crippen LogP contribution is -2.26. The van der Waals surface area contributed by atoms with E-state index in [1.807, 2.05) is 30.3 Å². The van der Waals surface area contributed by atoms with Crippen molar-refractivity contribution in [3.63, 3.8) is 0 Å². The number of rotatable bonds is 9. The van der Waals surface area contributed by atoms with Crippen molar-refractivity contribution in [1.82, 2.24) is 5.32 Å². The molecule has 26 heavy (non-hydrogen) atoms. The van der Waals surface area contributed by atoms with Gasteiger partial charge in [0.25, 0.3) is 0 Å². The van der Waals surface area contributed by atoms with Gasteiger partial charge >= 0.3 is 0 Å². The number of carbonyl (C=O) groups is 1. The van der Waals surface area contributed by atoms with Crippen LogP contribution in [0.2, 0.25) is 0 Å². The molecule has 0 radical (unpaired) electrons. The molecule has 0 saturated heterocycles. The Morgan fingerprint density at radius 1 is 0.962 bits per heavy atom. The van der Waals surface area contributed by atoms with Gasteiger partial charge in [-0.15, -0.1) is 0 Å². The van der Waals surface area contributed by atoms with Crippen LogP contribution < -0.4 is 24.3 Å². The van der Waals surface area contributed by atoms with E-state index in [2.05, 4.69) is 5.32 Å². The molecule has 1 amide bonds. The highest BCUT2D eigenvalue weighted by Crippen LogP contribution is 2.40. The zero-order valence-corrected chi connectivity index (χ0v) is 15.2. The molecule has 0 unspecified atom stereocenters. The van der Waals surface area contributed by atoms with Crippen molar-refractivity contribution < 1.29 is 23.7 Å². The first kappa shape index (κ1) is 19.2. The second-order valence-corrected chi connectivity index (χ2v) is 5.21. The van der Waals surface area contributed by atoms with Gasteiger partial charge in [0.1, 0.15) is 12.4 Å². The van der Waals surface area contributed by atoms with Gasteiger partial charge < -0.3 is 24.3 Å². The Hall–Kier alpha value is -3.15. The Morgan fingerprint density at radius 2 is 1.69 bits per heavy atom. The zero-order valence-electron chi connectivity index (χ0n) is 15.2. The quantitative estimate of drug-likeness (QED) is 0.552. The van der Waals surface area contributed by atoms with E-state index in [1.165, 1.54) is 20.3 Å². The monoisotopic (exact) mass is 357 g/mol. The summed E-state index contributed by atoms with van der Waals surface area (Å²) >= 11 is 0. The number of carbonyl (C=O) groups excluding carboxylic acids is 1. The maximum Gasteiger partial charge on any atom is 0.244 e. The van der Waals surface area contributed by atoms with E-state index in [9.17, 15) is 4.79 Å². The largest absolute Gasteiger partial charge is 0.493 e. The van der Waals surface area contributed by atoms with Crippen LogP contribution in [0.1, 0.15) is 5.56 Å². The second kappa shape index (κ2) is 9.98. The van der Waals surface area contributed by atoms with Crippen molar-refractivity contribution in [2.45, 2.75) is 0 Å². The Kier molecular flexibility index (Phi) is 7.36. The molecule has 0 aliphatic rings. The smallest absolute Gasteiger partial charge is 0.244 e. The van der Waals surface area contributed by atoms with Crippen LogP contribution in [-0.2, 0) is 4.79 Å². The van der Waals surface area contributed by atoms with Crippen molar-refractivity contribution in [2.24, 2.45) is 0 Å². The van der Waals surface area contributed by atoms with Crippen LogP contribution in [0.25, 0.3) is 6.08 Å². The lowest BCUT2D eigenvalue weighted by Gasteiger charge is -2.14. The molecule has 6 nitrogen and oxygen atoms in total. The summed E-state index contributed by atoms with van der Waals surface area (Å²) in [5.41, 5.74) is 0.709. The number of hydrogen-bond donors (Lipinski definition) is 1. The number of hydrogen-bond acceptors (Lipinski definition) is 5. The lowest BCUT2D eigenvalue weighted by molar-refractivity contribution is -0.116. The average molecular weight is 357 g/mol. The highest BCUT2D eigenvalue weighted by molar-refractivity contribution is 5.92. The second-order valence-electron chi connectivity index (χ2n) is 5.21. The van der Waals surface area contributed by atoms with Gasteiger partial charge in [0.15, 0.2) is 11.5 Å². The number of nitrogens with one attached hydrogen (secondary N) is 1. The third-order valence-corrected chi connectivity index (χ3v) is 3.56. The Bertz CT molecular complexity index is 743. The fraction of sp³-hybridized carbons (Fsp3) is 0.250. The van der Waals surface area contributed by atoms with E-state index in [-0.39, 0.29) is 5.91 Å². The van der Waals surface area contributed by atoms with E-state index in [0.717, 1.165) is 5.75 Å². The number of ether oxygens (including phenoxy) is 4. The van der Waals surface area contributed by atoms with Crippen LogP contribution in [0, 0.1) is 0 Å². The van der Waals surface area contributed by atoms with E-state index >= 15 is 0 Å². The third kappa shape index (κ3) is 5.17. The van der Waals surface area contributed by atoms with E-state index in [4.69, 9.17) is 18.9 Å². The maximum atomic E-state index is 12.0. The first-order chi connectivity index (χ1) is 12.7. The first-order valence-corrected chi connectivity index (χ1v) is 8.12. The molecule has 0 fully saturated rings. The minimum Gasteiger partial charge on any atom is -0.493 e. The van der Waals surface area contributed by atoms with E-state index < -0.39 is 0 Å². The fourth-order valence-corrected chi connectivity index (χ4v) is 2.34. The molecule has 0 atom stereocenters. The van der Waals surface area contributed by atoms with Gasteiger partial charge in [-0.2, -0.15) is 0 Å². The third-order valence-electron chi connectivity index (χ3n) is 3.56. The van der Waals surface area contributed by atoms with Crippen LogP contribution in [0.5, 0.6) is 23.0 Å². The lowest BCUT2D eigenvalue weighted by atomic mass is 10.1. The van der Waals surface area contributed by atoms with Crippen LogP contribution in [-0.4, -0.2) is 40.4 Å². The van der Waals surface area contributed by atoms with Gasteiger partial charge in [-0.05, 0) is 30.3 Å². The molecule has 0 saturated carbocycles. The molecule has 138 valence electrons. The number of methoxy groups -OCH3 is 3. The topological polar surface area (TPSA) is 66.0 Å². The van der Waals surface area contributed by atoms with Crippen LogP contribution in [0.3, 0.4) is 0 Å². The molecular formula is C20H23NO5. The van der Waals surface area contributed by atoms with Crippen molar-refractivity contribution in [3.05, 3.63) is 54.1 Å². The van der Waals surface area contributed by atoms with Crippen molar-refractivity contribution in [2.75, 3.05) is 34.5 Å². The maximum absolute atomic E-state index is 12.0. The average Bonchev–Trinajstić information content (AvgIpc) is 2.69. The summed E-state index contributed by atoms with van der Waals surface area (Å²) in [6, 6.07) is 13.0. The van der Waals surface area contributed by atoms with Crippen molar-refractivity contribution in [3.8, 4) is 23.0 Å². The summed E-state index contributed by atoms with van der Waals surface area (Å²) in [4.78, 5) is 12.0. The summed E-state index contributed by atoms with van der Waals surface area (Å²) in [5.74, 6) is 2.09. The Labute approximate surface area is 153 Å². The van der Waals surface area contributed by atoms with Crippen LogP contribution >= 0.6 is 0 Å². The van der Waals surface area contributed by atoms with Gasteiger partial charge in [0, 0.05) is 11.6 Å². The Morgan fingerprint density at radius 3 is 2.35 bits per heavy atom.